The summed E-state index contributed by atoms with van der Waals surface area (Å²) in [6, 6.07) is 42.5. The maximum Gasteiger partial charge on any atom is 0.259 e. The van der Waals surface area contributed by atoms with E-state index in [2.05, 4.69) is 47.9 Å². The molecule has 60 heavy (non-hydrogen) atoms. The minimum atomic E-state index is -0.183. The Morgan fingerprint density at radius 2 is 1.40 bits per heavy atom. The van der Waals surface area contributed by atoms with Gasteiger partial charge in [-0.25, -0.2) is 0 Å². The summed E-state index contributed by atoms with van der Waals surface area (Å²) < 4.78 is 8.30. The first-order chi connectivity index (χ1) is 29.2. The Bertz CT molecular complexity index is 2550. The molecule has 0 radical (unpaired) electrons. The first kappa shape index (κ1) is 39.1. The van der Waals surface area contributed by atoms with Gasteiger partial charge in [0.25, 0.3) is 11.8 Å². The average Bonchev–Trinajstić information content (AvgIpc) is 3.89. The van der Waals surface area contributed by atoms with Gasteiger partial charge in [0.2, 0.25) is 5.91 Å². The molecule has 5 aromatic carbocycles. The minimum Gasteiger partial charge on any atom is -0.489 e. The molecule has 1 aromatic heterocycles. The van der Waals surface area contributed by atoms with Crippen molar-refractivity contribution in [2.24, 2.45) is 5.92 Å². The number of ether oxygens (including phenoxy) is 1. The summed E-state index contributed by atoms with van der Waals surface area (Å²) in [4.78, 5) is 49.2. The number of anilines is 1. The Morgan fingerprint density at radius 1 is 0.733 bits per heavy atom. The van der Waals surface area contributed by atoms with E-state index in [1.54, 1.807) is 4.90 Å². The summed E-state index contributed by atoms with van der Waals surface area (Å²) in [5, 5.41) is 0. The van der Waals surface area contributed by atoms with Gasteiger partial charge in [-0.2, -0.15) is 0 Å². The first-order valence-corrected chi connectivity index (χ1v) is 21.4. The largest absolute Gasteiger partial charge is 0.489 e. The van der Waals surface area contributed by atoms with Crippen molar-refractivity contribution in [2.45, 2.75) is 84.8 Å². The topological polar surface area (TPSA) is 75.1 Å². The smallest absolute Gasteiger partial charge is 0.259 e. The van der Waals surface area contributed by atoms with Gasteiger partial charge in [-0.1, -0.05) is 91.9 Å². The number of fused-ring (bicyclic) bond motifs is 3. The van der Waals surface area contributed by atoms with Crippen molar-refractivity contribution in [1.82, 2.24) is 14.4 Å². The van der Waals surface area contributed by atoms with E-state index in [-0.39, 0.29) is 29.7 Å². The molecule has 304 valence electrons. The van der Waals surface area contributed by atoms with Crippen LogP contribution < -0.4 is 9.64 Å². The van der Waals surface area contributed by atoms with E-state index in [9.17, 15) is 9.59 Å². The third-order valence-electron chi connectivity index (χ3n) is 12.7. The fourth-order valence-corrected chi connectivity index (χ4v) is 9.36. The van der Waals surface area contributed by atoms with Gasteiger partial charge in [0.15, 0.2) is 0 Å². The maximum atomic E-state index is 15.0. The van der Waals surface area contributed by atoms with Crippen LogP contribution in [0.25, 0.3) is 11.3 Å². The van der Waals surface area contributed by atoms with Crippen LogP contribution in [0, 0.1) is 5.92 Å². The predicted molar refractivity (Wildman–Crippen MR) is 236 cm³/mol. The van der Waals surface area contributed by atoms with Gasteiger partial charge >= 0.3 is 0 Å². The van der Waals surface area contributed by atoms with Crippen LogP contribution in [0.5, 0.6) is 5.75 Å². The summed E-state index contributed by atoms with van der Waals surface area (Å²) in [5.74, 6) is 0.542. The highest BCUT2D eigenvalue weighted by Gasteiger charge is 2.35. The highest BCUT2D eigenvalue weighted by atomic mass is 16.5. The lowest BCUT2D eigenvalue weighted by Gasteiger charge is -2.35. The van der Waals surface area contributed by atoms with Crippen molar-refractivity contribution in [1.29, 1.82) is 0 Å². The summed E-state index contributed by atoms with van der Waals surface area (Å²) in [5.41, 5.74) is 11.5. The standard InChI is InChI=1S/C52H52N4O4/c1-35(26-37-14-6-4-7-15-37)50(57)54-31-41-28-45(46(29-42(41)32-54)52(59)56-33-40-19-11-10-18-39(40)27-36(56)2)49-30-47(48-20-12-13-25-55(48)49)51(58)53(3)43-21-23-44(24-22-43)60-34-38-16-8-5-9-17-38/h4-11,14-19,21-24,28-30,35-36H,12-13,20,25-27,31-34H2,1-3H3/t35?,36-/m1/s1. The van der Waals surface area contributed by atoms with Crippen molar-refractivity contribution in [3.63, 3.8) is 0 Å². The van der Waals surface area contributed by atoms with Gasteiger partial charge in [0, 0.05) is 73.4 Å². The molecular formula is C52H52N4O4. The SMILES string of the molecule is CC(Cc1ccccc1)C(=O)N1Cc2cc(C(=O)N3Cc4ccccc4C[C@H]3C)c(-c3cc(C(=O)N(C)c4ccc(OCc5ccccc5)cc4)c4n3CCCC4)cc2C1. The Hall–Kier alpha value is -6.41. The molecule has 4 heterocycles. The molecule has 9 rings (SSSR count). The van der Waals surface area contributed by atoms with Crippen LogP contribution in [0.15, 0.2) is 127 Å². The summed E-state index contributed by atoms with van der Waals surface area (Å²) in [6.07, 6.45) is 4.20. The molecule has 3 amide bonds. The molecule has 1 unspecified atom stereocenters. The van der Waals surface area contributed by atoms with Crippen LogP contribution >= 0.6 is 0 Å². The van der Waals surface area contributed by atoms with Gasteiger partial charge < -0.3 is 24.0 Å². The fraction of sp³-hybridized carbons (Fsp3) is 0.288. The van der Waals surface area contributed by atoms with E-state index in [4.69, 9.17) is 4.74 Å². The number of carbonyl (C=O) groups excluding carboxylic acids is 3. The molecule has 8 heteroatoms. The predicted octanol–water partition coefficient (Wildman–Crippen LogP) is 9.65. The van der Waals surface area contributed by atoms with Gasteiger partial charge in [0.05, 0.1) is 5.56 Å². The lowest BCUT2D eigenvalue weighted by atomic mass is 9.92. The highest BCUT2D eigenvalue weighted by Crippen LogP contribution is 2.39. The van der Waals surface area contributed by atoms with Gasteiger partial charge in [0.1, 0.15) is 12.4 Å². The third kappa shape index (κ3) is 7.74. The van der Waals surface area contributed by atoms with Crippen molar-refractivity contribution in [2.75, 3.05) is 11.9 Å². The first-order valence-electron chi connectivity index (χ1n) is 21.4. The second-order valence-corrected chi connectivity index (χ2v) is 16.8. The highest BCUT2D eigenvalue weighted by molar-refractivity contribution is 6.08. The lowest BCUT2D eigenvalue weighted by Crippen LogP contribution is -2.42. The van der Waals surface area contributed by atoms with Gasteiger partial charge in [-0.3, -0.25) is 14.4 Å². The van der Waals surface area contributed by atoms with E-state index in [0.29, 0.717) is 43.8 Å². The van der Waals surface area contributed by atoms with E-state index in [1.807, 2.05) is 115 Å². The van der Waals surface area contributed by atoms with Crippen LogP contribution in [0.1, 0.15) is 86.5 Å². The monoisotopic (exact) mass is 796 g/mol. The summed E-state index contributed by atoms with van der Waals surface area (Å²) in [7, 11) is 1.82. The number of amides is 3. The molecular weight excluding hydrogens is 745 g/mol. The van der Waals surface area contributed by atoms with Crippen molar-refractivity contribution in [3.05, 3.63) is 178 Å². The number of rotatable bonds is 10. The molecule has 3 aliphatic heterocycles. The molecule has 0 aliphatic carbocycles. The Kier molecular flexibility index (Phi) is 10.9. The molecule has 0 saturated carbocycles. The van der Waals surface area contributed by atoms with Crippen molar-refractivity contribution >= 4 is 23.4 Å². The molecule has 6 aromatic rings. The molecule has 8 nitrogen and oxygen atoms in total. The van der Waals surface area contributed by atoms with Crippen LogP contribution in [-0.2, 0) is 56.8 Å². The van der Waals surface area contributed by atoms with Crippen molar-refractivity contribution < 1.29 is 19.1 Å². The van der Waals surface area contributed by atoms with E-state index >= 15 is 4.79 Å². The zero-order valence-corrected chi connectivity index (χ0v) is 34.8. The normalized spacial score (nSPS) is 16.1. The number of carbonyl (C=O) groups is 3. The quantitative estimate of drug-likeness (QED) is 0.138. The Balaban J connectivity index is 1.05. The molecule has 3 aliphatic rings. The number of nitrogens with zero attached hydrogens (tertiary/aromatic N) is 4. The van der Waals surface area contributed by atoms with E-state index in [0.717, 1.165) is 82.9 Å². The molecule has 0 spiro atoms. The minimum absolute atomic E-state index is 0.00700. The summed E-state index contributed by atoms with van der Waals surface area (Å²) in [6.45, 7) is 6.83. The molecule has 0 saturated heterocycles. The average molecular weight is 797 g/mol. The number of benzene rings is 5. The molecule has 2 atom stereocenters. The molecule has 0 fully saturated rings. The second-order valence-electron chi connectivity index (χ2n) is 16.8. The number of hydrogen-bond donors (Lipinski definition) is 0. The number of aromatic nitrogens is 1. The van der Waals surface area contributed by atoms with Gasteiger partial charge in [-0.05, 0) is 115 Å². The summed E-state index contributed by atoms with van der Waals surface area (Å²) >= 11 is 0. The fourth-order valence-electron chi connectivity index (χ4n) is 9.36. The van der Waals surface area contributed by atoms with Gasteiger partial charge in [-0.15, -0.1) is 0 Å². The molecule has 0 N–H and O–H groups in total. The Morgan fingerprint density at radius 3 is 2.13 bits per heavy atom. The Labute approximate surface area is 353 Å². The van der Waals surface area contributed by atoms with Crippen molar-refractivity contribution in [3.8, 4) is 17.0 Å². The second kappa shape index (κ2) is 16.7. The zero-order valence-electron chi connectivity index (χ0n) is 34.8. The van der Waals surface area contributed by atoms with Crippen LogP contribution in [-0.4, -0.2) is 45.2 Å². The lowest BCUT2D eigenvalue weighted by molar-refractivity contribution is -0.135. The maximum absolute atomic E-state index is 15.0. The van der Waals surface area contributed by atoms with E-state index < -0.39 is 0 Å². The van der Waals surface area contributed by atoms with Crippen LogP contribution in [0.2, 0.25) is 0 Å². The molecule has 0 bridgehead atoms. The zero-order chi connectivity index (χ0) is 41.3. The third-order valence-corrected chi connectivity index (χ3v) is 12.7. The number of hydrogen-bond acceptors (Lipinski definition) is 4. The van der Waals surface area contributed by atoms with Crippen LogP contribution in [0.4, 0.5) is 5.69 Å². The van der Waals surface area contributed by atoms with E-state index in [1.165, 1.54) is 11.1 Å². The van der Waals surface area contributed by atoms with Crippen LogP contribution in [0.3, 0.4) is 0 Å².